The van der Waals surface area contributed by atoms with E-state index in [4.69, 9.17) is 25.3 Å². The summed E-state index contributed by atoms with van der Waals surface area (Å²) < 4.78 is 15.2. The minimum absolute atomic E-state index is 0.240. The molecule has 0 aromatic rings. The summed E-state index contributed by atoms with van der Waals surface area (Å²) in [7, 11) is 0. The lowest BCUT2D eigenvalue weighted by Gasteiger charge is -2.14. The fourth-order valence-electron chi connectivity index (χ4n) is 1.06. The number of hydrogen-bond acceptors (Lipinski definition) is 5. The molecule has 2 rings (SSSR count). The van der Waals surface area contributed by atoms with Gasteiger partial charge in [0.2, 0.25) is 0 Å². The number of epoxide rings is 2. The van der Waals surface area contributed by atoms with E-state index in [-0.39, 0.29) is 12.2 Å². The summed E-state index contributed by atoms with van der Waals surface area (Å²) in [5.41, 5.74) is 16.6. The van der Waals surface area contributed by atoms with Gasteiger partial charge in [0.05, 0.1) is 13.2 Å². The summed E-state index contributed by atoms with van der Waals surface area (Å²) >= 11 is 0. The van der Waals surface area contributed by atoms with Crippen molar-refractivity contribution < 1.29 is 14.2 Å². The first-order chi connectivity index (χ1) is 7.35. The van der Waals surface area contributed by atoms with Crippen LogP contribution in [-0.4, -0.2) is 37.9 Å². The second-order valence-electron chi connectivity index (χ2n) is 3.07. The molecule has 80 valence electrons. The molecule has 9 heteroatoms. The highest BCUT2D eigenvalue weighted by molar-refractivity contribution is 4.84. The van der Waals surface area contributed by atoms with E-state index in [2.05, 4.69) is 20.1 Å². The molecule has 0 bridgehead atoms. The second-order valence-corrected chi connectivity index (χ2v) is 3.07. The molecule has 2 aliphatic heterocycles. The Bertz CT molecular complexity index is 296. The number of azide groups is 2. The highest BCUT2D eigenvalue weighted by atomic mass is 16.6. The summed E-state index contributed by atoms with van der Waals surface area (Å²) in [5.74, 6) is 0. The summed E-state index contributed by atoms with van der Waals surface area (Å²) in [5, 5.41) is 6.83. The third-order valence-corrected chi connectivity index (χ3v) is 1.96. The van der Waals surface area contributed by atoms with Crippen molar-refractivity contribution in [1.82, 2.24) is 0 Å². The maximum absolute atomic E-state index is 8.30. The Labute approximate surface area is 84.2 Å². The Morgan fingerprint density at radius 1 is 1.07 bits per heavy atom. The van der Waals surface area contributed by atoms with Crippen molar-refractivity contribution in [1.29, 1.82) is 0 Å². The summed E-state index contributed by atoms with van der Waals surface area (Å²) in [6.45, 7) is 0.969. The van der Waals surface area contributed by atoms with E-state index in [0.29, 0.717) is 13.2 Å². The molecule has 0 spiro atoms. The molecule has 0 aliphatic carbocycles. The number of ether oxygens (including phenoxy) is 3. The minimum atomic E-state index is -0.755. The number of rotatable bonds is 6. The Morgan fingerprint density at radius 3 is 1.73 bits per heavy atom. The van der Waals surface area contributed by atoms with Crippen molar-refractivity contribution in [2.75, 3.05) is 13.2 Å². The Balaban J connectivity index is 1.95. The summed E-state index contributed by atoms with van der Waals surface area (Å²) in [4.78, 5) is 5.27. The van der Waals surface area contributed by atoms with Crippen LogP contribution in [0.5, 0.6) is 0 Å². The molecular formula is C6H8N6O3. The highest BCUT2D eigenvalue weighted by Gasteiger charge is 2.40. The van der Waals surface area contributed by atoms with Crippen molar-refractivity contribution in [3.8, 4) is 0 Å². The van der Waals surface area contributed by atoms with E-state index in [1.54, 1.807) is 0 Å². The van der Waals surface area contributed by atoms with Gasteiger partial charge < -0.3 is 14.2 Å². The Hall–Kier alpha value is -1.50. The molecule has 0 saturated carbocycles. The number of nitrogens with zero attached hydrogens (tertiary/aromatic N) is 6. The van der Waals surface area contributed by atoms with Gasteiger partial charge in [-0.3, -0.25) is 0 Å². The normalized spacial score (nSPS) is 30.7. The van der Waals surface area contributed by atoms with Crippen LogP contribution in [0.25, 0.3) is 20.9 Å². The Morgan fingerprint density at radius 2 is 1.47 bits per heavy atom. The van der Waals surface area contributed by atoms with Crippen LogP contribution in [0.1, 0.15) is 0 Å². The third kappa shape index (κ3) is 2.72. The van der Waals surface area contributed by atoms with E-state index in [9.17, 15) is 0 Å². The summed E-state index contributed by atoms with van der Waals surface area (Å²) in [6, 6.07) is 0. The molecule has 2 saturated heterocycles. The van der Waals surface area contributed by atoms with Gasteiger partial charge in [0.1, 0.15) is 12.2 Å². The highest BCUT2D eigenvalue weighted by Crippen LogP contribution is 2.25. The maximum Gasteiger partial charge on any atom is 0.165 e. The van der Waals surface area contributed by atoms with Crippen molar-refractivity contribution >= 4 is 0 Å². The molecule has 4 atom stereocenters. The van der Waals surface area contributed by atoms with Crippen molar-refractivity contribution in [2.45, 2.75) is 24.7 Å². The van der Waals surface area contributed by atoms with Crippen LogP contribution < -0.4 is 0 Å². The van der Waals surface area contributed by atoms with Crippen LogP contribution in [0.3, 0.4) is 0 Å². The topological polar surface area (TPSA) is 132 Å². The lowest BCUT2D eigenvalue weighted by molar-refractivity contribution is -0.0306. The molecule has 4 unspecified atom stereocenters. The largest absolute Gasteiger partial charge is 0.370 e. The third-order valence-electron chi connectivity index (χ3n) is 1.96. The molecule has 15 heavy (non-hydrogen) atoms. The molecule has 0 amide bonds. The van der Waals surface area contributed by atoms with Crippen molar-refractivity contribution in [3.63, 3.8) is 0 Å². The minimum Gasteiger partial charge on any atom is -0.370 e. The van der Waals surface area contributed by atoms with E-state index >= 15 is 0 Å². The van der Waals surface area contributed by atoms with Gasteiger partial charge in [-0.25, -0.2) is 0 Å². The molecule has 2 fully saturated rings. The zero-order valence-electron chi connectivity index (χ0n) is 7.63. The van der Waals surface area contributed by atoms with Crippen LogP contribution in [-0.2, 0) is 14.2 Å². The zero-order valence-corrected chi connectivity index (χ0v) is 7.63. The van der Waals surface area contributed by atoms with Gasteiger partial charge in [-0.05, 0) is 11.1 Å². The van der Waals surface area contributed by atoms with Gasteiger partial charge >= 0.3 is 0 Å². The van der Waals surface area contributed by atoms with Crippen molar-refractivity contribution in [2.24, 2.45) is 10.2 Å². The standard InChI is InChI=1S/C6H8N6O3/c7-11-9-5(3-1-13-3)15-6(10-12-8)4-2-14-4/h3-6H,1-2H2. The quantitative estimate of drug-likeness (QED) is 0.282. The SMILES string of the molecule is [N-]=[N+]=NC(OC(N=[N+]=[N-])C1CO1)C1CO1. The molecule has 0 aromatic heterocycles. The van der Waals surface area contributed by atoms with Gasteiger partial charge in [0, 0.05) is 9.82 Å². The smallest absolute Gasteiger partial charge is 0.165 e. The van der Waals surface area contributed by atoms with Crippen LogP contribution in [0.4, 0.5) is 0 Å². The van der Waals surface area contributed by atoms with E-state index in [1.165, 1.54) is 0 Å². The van der Waals surface area contributed by atoms with Crippen LogP contribution >= 0.6 is 0 Å². The van der Waals surface area contributed by atoms with E-state index < -0.39 is 12.5 Å². The van der Waals surface area contributed by atoms with E-state index in [0.717, 1.165) is 0 Å². The van der Waals surface area contributed by atoms with Gasteiger partial charge in [0.15, 0.2) is 12.5 Å². The molecule has 0 N–H and O–H groups in total. The molecule has 0 aromatic carbocycles. The molecule has 2 heterocycles. The first kappa shape index (κ1) is 10.0. The molecule has 2 aliphatic rings. The fourth-order valence-corrected chi connectivity index (χ4v) is 1.06. The van der Waals surface area contributed by atoms with Crippen LogP contribution in [0.15, 0.2) is 10.2 Å². The van der Waals surface area contributed by atoms with Crippen LogP contribution in [0.2, 0.25) is 0 Å². The van der Waals surface area contributed by atoms with Crippen LogP contribution in [0, 0.1) is 0 Å². The zero-order chi connectivity index (χ0) is 10.7. The first-order valence-electron chi connectivity index (χ1n) is 4.32. The number of hydrogen-bond donors (Lipinski definition) is 0. The average Bonchev–Trinajstić information content (AvgIpc) is 3.05. The molecule has 0 radical (unpaired) electrons. The Kier molecular flexibility index (Phi) is 2.91. The van der Waals surface area contributed by atoms with E-state index in [1.807, 2.05) is 0 Å². The maximum atomic E-state index is 8.30. The predicted molar refractivity (Wildman–Crippen MR) is 46.4 cm³/mol. The first-order valence-corrected chi connectivity index (χ1v) is 4.32. The molecule has 9 nitrogen and oxygen atoms in total. The van der Waals surface area contributed by atoms with Gasteiger partial charge in [-0.2, -0.15) is 0 Å². The van der Waals surface area contributed by atoms with Crippen molar-refractivity contribution in [3.05, 3.63) is 20.9 Å². The predicted octanol–water partition coefficient (Wildman–Crippen LogP) is 1.07. The second kappa shape index (κ2) is 4.35. The fraction of sp³-hybridized carbons (Fsp3) is 1.00. The average molecular weight is 212 g/mol. The monoisotopic (exact) mass is 212 g/mol. The van der Waals surface area contributed by atoms with Gasteiger partial charge in [0.25, 0.3) is 0 Å². The summed E-state index contributed by atoms with van der Waals surface area (Å²) in [6.07, 6.45) is -1.99. The van der Waals surface area contributed by atoms with Gasteiger partial charge in [-0.1, -0.05) is 10.2 Å². The lowest BCUT2D eigenvalue weighted by atomic mass is 10.4. The molecular weight excluding hydrogens is 204 g/mol. The lowest BCUT2D eigenvalue weighted by Crippen LogP contribution is -2.26. The van der Waals surface area contributed by atoms with Gasteiger partial charge in [-0.15, -0.1) is 0 Å².